The molecule has 0 saturated carbocycles. The van der Waals surface area contributed by atoms with Crippen LogP contribution in [0.4, 0.5) is 10.1 Å². The Morgan fingerprint density at radius 1 is 1.24 bits per heavy atom. The molecule has 0 spiro atoms. The number of carbonyl (C=O) groups is 1. The monoisotopic (exact) mass is 302 g/mol. The van der Waals surface area contributed by atoms with E-state index in [9.17, 15) is 9.18 Å². The molecule has 0 aliphatic carbocycles. The first-order chi connectivity index (χ1) is 9.97. The van der Waals surface area contributed by atoms with Crippen molar-refractivity contribution in [3.05, 3.63) is 65.5 Å². The Morgan fingerprint density at radius 3 is 2.62 bits per heavy atom. The van der Waals surface area contributed by atoms with E-state index >= 15 is 0 Å². The van der Waals surface area contributed by atoms with Gasteiger partial charge in [0.15, 0.2) is 0 Å². The lowest BCUT2D eigenvalue weighted by molar-refractivity contribution is -0.117. The van der Waals surface area contributed by atoms with Crippen LogP contribution in [0.15, 0.2) is 48.5 Å². The molecule has 0 bridgehead atoms. The van der Waals surface area contributed by atoms with Crippen LogP contribution in [0.25, 0.3) is 0 Å². The number of benzene rings is 2. The number of amides is 1. The van der Waals surface area contributed by atoms with Crippen molar-refractivity contribution in [2.75, 3.05) is 11.9 Å². The fraction of sp³-hybridized carbons (Fsp3) is 0.125. The van der Waals surface area contributed by atoms with Crippen molar-refractivity contribution in [3.8, 4) is 0 Å². The molecule has 0 aromatic heterocycles. The maximum Gasteiger partial charge on any atom is 0.231 e. The minimum atomic E-state index is -0.349. The lowest BCUT2D eigenvalue weighted by atomic mass is 10.1. The molecular formula is C16H15FN2OS. The lowest BCUT2D eigenvalue weighted by Gasteiger charge is -2.18. The van der Waals surface area contributed by atoms with Gasteiger partial charge in [-0.05, 0) is 29.8 Å². The quantitative estimate of drug-likeness (QED) is 0.883. The highest BCUT2D eigenvalue weighted by molar-refractivity contribution is 7.80. The van der Waals surface area contributed by atoms with Gasteiger partial charge in [-0.15, -0.1) is 0 Å². The van der Waals surface area contributed by atoms with Gasteiger partial charge in [0.25, 0.3) is 0 Å². The molecule has 3 nitrogen and oxygen atoms in total. The van der Waals surface area contributed by atoms with E-state index in [1.54, 1.807) is 43.4 Å². The average molecular weight is 302 g/mol. The molecule has 2 rings (SSSR count). The number of rotatable bonds is 4. The summed E-state index contributed by atoms with van der Waals surface area (Å²) < 4.78 is 13.1. The number of likely N-dealkylation sites (N-methyl/N-ethyl adjacent to an activating group) is 1. The minimum absolute atomic E-state index is 0.131. The Bertz CT molecular complexity index is 687. The second-order valence-electron chi connectivity index (χ2n) is 4.67. The standard InChI is InChI=1S/C16H15FN2OS/c1-19(14-7-3-5-12(10-14)16(18)21)15(20)9-11-4-2-6-13(17)8-11/h2-8,10H,9H2,1H3,(H2,18,21). The van der Waals surface area contributed by atoms with Gasteiger partial charge in [-0.1, -0.05) is 36.5 Å². The zero-order valence-corrected chi connectivity index (χ0v) is 12.4. The van der Waals surface area contributed by atoms with E-state index in [0.717, 1.165) is 0 Å². The summed E-state index contributed by atoms with van der Waals surface area (Å²) >= 11 is 4.93. The highest BCUT2D eigenvalue weighted by Crippen LogP contribution is 2.16. The number of nitrogens with two attached hydrogens (primary N) is 1. The molecule has 1 amide bonds. The number of hydrogen-bond acceptors (Lipinski definition) is 2. The second-order valence-corrected chi connectivity index (χ2v) is 5.11. The van der Waals surface area contributed by atoms with Gasteiger partial charge in [-0.2, -0.15) is 0 Å². The summed E-state index contributed by atoms with van der Waals surface area (Å²) in [5.41, 5.74) is 7.62. The van der Waals surface area contributed by atoms with Crippen molar-refractivity contribution >= 4 is 28.8 Å². The summed E-state index contributed by atoms with van der Waals surface area (Å²) in [5.74, 6) is -0.487. The van der Waals surface area contributed by atoms with Crippen molar-refractivity contribution in [2.24, 2.45) is 5.73 Å². The second kappa shape index (κ2) is 6.45. The molecule has 0 radical (unpaired) electrons. The van der Waals surface area contributed by atoms with Crippen LogP contribution in [0, 0.1) is 5.82 Å². The van der Waals surface area contributed by atoms with E-state index in [-0.39, 0.29) is 23.1 Å². The summed E-state index contributed by atoms with van der Waals surface area (Å²) in [6.45, 7) is 0. The predicted molar refractivity (Wildman–Crippen MR) is 85.8 cm³/mol. The van der Waals surface area contributed by atoms with Gasteiger partial charge >= 0.3 is 0 Å². The maximum absolute atomic E-state index is 13.1. The average Bonchev–Trinajstić information content (AvgIpc) is 2.46. The highest BCUT2D eigenvalue weighted by Gasteiger charge is 2.12. The molecule has 21 heavy (non-hydrogen) atoms. The van der Waals surface area contributed by atoms with Gasteiger partial charge in [0, 0.05) is 18.3 Å². The summed E-state index contributed by atoms with van der Waals surface area (Å²) in [6.07, 6.45) is 0.131. The van der Waals surface area contributed by atoms with E-state index in [0.29, 0.717) is 16.8 Å². The first-order valence-electron chi connectivity index (χ1n) is 6.38. The fourth-order valence-corrected chi connectivity index (χ4v) is 2.08. The Morgan fingerprint density at radius 2 is 1.95 bits per heavy atom. The summed E-state index contributed by atoms with van der Waals surface area (Å²) in [4.78, 5) is 14.0. The topological polar surface area (TPSA) is 46.3 Å². The van der Waals surface area contributed by atoms with Gasteiger partial charge in [0.1, 0.15) is 10.8 Å². The minimum Gasteiger partial charge on any atom is -0.389 e. The Hall–Kier alpha value is -2.27. The molecule has 0 atom stereocenters. The van der Waals surface area contributed by atoms with Crippen LogP contribution in [0.5, 0.6) is 0 Å². The molecule has 0 unspecified atom stereocenters. The number of carbonyl (C=O) groups excluding carboxylic acids is 1. The Labute approximate surface area is 128 Å². The van der Waals surface area contributed by atoms with Crippen LogP contribution in [0.3, 0.4) is 0 Å². The summed E-state index contributed by atoms with van der Waals surface area (Å²) in [6, 6.07) is 13.1. The van der Waals surface area contributed by atoms with Gasteiger partial charge in [0.05, 0.1) is 6.42 Å². The van der Waals surface area contributed by atoms with Crippen LogP contribution < -0.4 is 10.6 Å². The molecule has 0 fully saturated rings. The molecule has 0 saturated heterocycles. The van der Waals surface area contributed by atoms with Crippen LogP contribution in [0.1, 0.15) is 11.1 Å². The first kappa shape index (κ1) is 15.1. The van der Waals surface area contributed by atoms with Crippen LogP contribution >= 0.6 is 12.2 Å². The van der Waals surface area contributed by atoms with E-state index in [1.165, 1.54) is 17.0 Å². The maximum atomic E-state index is 13.1. The first-order valence-corrected chi connectivity index (χ1v) is 6.79. The highest BCUT2D eigenvalue weighted by atomic mass is 32.1. The molecule has 0 aliphatic rings. The van der Waals surface area contributed by atoms with Crippen molar-refractivity contribution < 1.29 is 9.18 Å². The van der Waals surface area contributed by atoms with E-state index in [2.05, 4.69) is 0 Å². The Kier molecular flexibility index (Phi) is 4.65. The summed E-state index contributed by atoms with van der Waals surface area (Å²) in [7, 11) is 1.67. The number of thiocarbonyl (C=S) groups is 1. The number of nitrogens with zero attached hydrogens (tertiary/aromatic N) is 1. The van der Waals surface area contributed by atoms with Gasteiger partial charge in [0.2, 0.25) is 5.91 Å². The van der Waals surface area contributed by atoms with Crippen LogP contribution in [-0.2, 0) is 11.2 Å². The third-order valence-electron chi connectivity index (χ3n) is 3.14. The predicted octanol–water partition coefficient (Wildman–Crippen LogP) is 2.67. The summed E-state index contributed by atoms with van der Waals surface area (Å²) in [5, 5.41) is 0. The van der Waals surface area contributed by atoms with E-state index in [4.69, 9.17) is 18.0 Å². The van der Waals surface area contributed by atoms with Crippen LogP contribution in [-0.4, -0.2) is 17.9 Å². The van der Waals surface area contributed by atoms with Crippen molar-refractivity contribution in [2.45, 2.75) is 6.42 Å². The molecule has 2 aromatic carbocycles. The molecule has 0 aliphatic heterocycles. The van der Waals surface area contributed by atoms with Crippen molar-refractivity contribution in [3.63, 3.8) is 0 Å². The van der Waals surface area contributed by atoms with Crippen molar-refractivity contribution in [1.82, 2.24) is 0 Å². The molecule has 0 heterocycles. The molecular weight excluding hydrogens is 287 g/mol. The van der Waals surface area contributed by atoms with Gasteiger partial charge in [-0.3, -0.25) is 4.79 Å². The van der Waals surface area contributed by atoms with Crippen LogP contribution in [0.2, 0.25) is 0 Å². The zero-order chi connectivity index (χ0) is 15.4. The number of anilines is 1. The Balaban J connectivity index is 2.15. The molecule has 2 aromatic rings. The largest absolute Gasteiger partial charge is 0.389 e. The molecule has 108 valence electrons. The molecule has 2 N–H and O–H groups in total. The van der Waals surface area contributed by atoms with Gasteiger partial charge < -0.3 is 10.6 Å². The van der Waals surface area contributed by atoms with E-state index in [1.807, 2.05) is 0 Å². The van der Waals surface area contributed by atoms with Crippen molar-refractivity contribution in [1.29, 1.82) is 0 Å². The van der Waals surface area contributed by atoms with E-state index < -0.39 is 0 Å². The normalized spacial score (nSPS) is 10.2. The number of hydrogen-bond donors (Lipinski definition) is 1. The SMILES string of the molecule is CN(C(=O)Cc1cccc(F)c1)c1cccc(C(N)=S)c1. The zero-order valence-electron chi connectivity index (χ0n) is 11.5. The number of halogens is 1. The third-order valence-corrected chi connectivity index (χ3v) is 3.37. The third kappa shape index (κ3) is 3.86. The fourth-order valence-electron chi connectivity index (χ4n) is 1.95. The van der Waals surface area contributed by atoms with Gasteiger partial charge in [-0.25, -0.2) is 4.39 Å². The smallest absolute Gasteiger partial charge is 0.231 e. The lowest BCUT2D eigenvalue weighted by Crippen LogP contribution is -2.28. The molecule has 5 heteroatoms.